The van der Waals surface area contributed by atoms with Crippen LogP contribution < -0.4 is 0 Å². The van der Waals surface area contributed by atoms with E-state index >= 15 is 0 Å². The second-order valence-corrected chi connectivity index (χ2v) is 6.06. The molecule has 2 aromatic carbocycles. The summed E-state index contributed by atoms with van der Waals surface area (Å²) in [5.74, 6) is -0.489. The quantitative estimate of drug-likeness (QED) is 0.711. The van der Waals surface area contributed by atoms with Crippen molar-refractivity contribution in [3.05, 3.63) is 76.7 Å². The summed E-state index contributed by atoms with van der Waals surface area (Å²) in [6.45, 7) is 0.473. The first kappa shape index (κ1) is 16.4. The number of amides is 1. The molecule has 0 aliphatic rings. The number of hydrogen-bond donors (Lipinski definition) is 0. The Morgan fingerprint density at radius 2 is 2.00 bits per heavy atom. The van der Waals surface area contributed by atoms with Gasteiger partial charge in [0.2, 0.25) is 5.91 Å². The molecule has 1 amide bonds. The molecule has 0 saturated heterocycles. The van der Waals surface area contributed by atoms with Gasteiger partial charge in [-0.3, -0.25) is 9.78 Å². The maximum atomic E-state index is 13.1. The van der Waals surface area contributed by atoms with E-state index < -0.39 is 5.82 Å². The van der Waals surface area contributed by atoms with Gasteiger partial charge in [0.25, 0.3) is 0 Å². The van der Waals surface area contributed by atoms with Crippen molar-refractivity contribution in [1.29, 1.82) is 0 Å². The van der Waals surface area contributed by atoms with Crippen LogP contribution in [0.3, 0.4) is 0 Å². The van der Waals surface area contributed by atoms with Crippen molar-refractivity contribution in [2.45, 2.75) is 13.0 Å². The maximum absolute atomic E-state index is 13.1. The van der Waals surface area contributed by atoms with Gasteiger partial charge >= 0.3 is 0 Å². The summed E-state index contributed by atoms with van der Waals surface area (Å²) in [7, 11) is 1.75. The zero-order valence-electron chi connectivity index (χ0n) is 13.2. The average molecular weight is 343 g/mol. The summed E-state index contributed by atoms with van der Waals surface area (Å²) in [6, 6.07) is 13.8. The van der Waals surface area contributed by atoms with Gasteiger partial charge in [0.05, 0.1) is 11.9 Å². The van der Waals surface area contributed by atoms with Crippen LogP contribution in [0.2, 0.25) is 5.02 Å². The third kappa shape index (κ3) is 3.54. The molecule has 5 heteroatoms. The fraction of sp³-hybridized carbons (Fsp3) is 0.158. The smallest absolute Gasteiger partial charge is 0.227 e. The van der Waals surface area contributed by atoms with Gasteiger partial charge in [0.15, 0.2) is 0 Å². The molecule has 1 heterocycles. The van der Waals surface area contributed by atoms with Crippen molar-refractivity contribution in [3.8, 4) is 0 Å². The molecule has 0 atom stereocenters. The number of carbonyl (C=O) groups is 1. The molecule has 0 spiro atoms. The van der Waals surface area contributed by atoms with E-state index in [1.54, 1.807) is 24.2 Å². The van der Waals surface area contributed by atoms with Crippen molar-refractivity contribution >= 4 is 28.4 Å². The van der Waals surface area contributed by atoms with Gasteiger partial charge in [-0.15, -0.1) is 0 Å². The zero-order valence-corrected chi connectivity index (χ0v) is 13.9. The molecule has 0 radical (unpaired) electrons. The number of halogens is 2. The fourth-order valence-electron chi connectivity index (χ4n) is 2.61. The van der Waals surface area contributed by atoms with E-state index in [0.717, 1.165) is 16.5 Å². The lowest BCUT2D eigenvalue weighted by Gasteiger charge is -2.19. The predicted octanol–water partition coefficient (Wildman–Crippen LogP) is 4.23. The third-order valence-corrected chi connectivity index (χ3v) is 4.28. The van der Waals surface area contributed by atoms with Crippen molar-refractivity contribution < 1.29 is 9.18 Å². The number of benzene rings is 2. The Balaban J connectivity index is 1.76. The topological polar surface area (TPSA) is 33.2 Å². The van der Waals surface area contributed by atoms with Gasteiger partial charge in [0, 0.05) is 30.2 Å². The first-order valence-electron chi connectivity index (χ1n) is 7.55. The molecule has 3 rings (SSSR count). The molecule has 0 N–H and O–H groups in total. The molecule has 24 heavy (non-hydrogen) atoms. The average Bonchev–Trinajstić information content (AvgIpc) is 2.57. The Morgan fingerprint density at radius 1 is 1.17 bits per heavy atom. The first-order chi connectivity index (χ1) is 11.5. The monoisotopic (exact) mass is 342 g/mol. The molecule has 1 aromatic heterocycles. The maximum Gasteiger partial charge on any atom is 0.227 e. The largest absolute Gasteiger partial charge is 0.341 e. The van der Waals surface area contributed by atoms with Crippen LogP contribution in [0.15, 0.2) is 54.7 Å². The Labute approximate surface area is 144 Å². The number of aromatic nitrogens is 1. The van der Waals surface area contributed by atoms with Gasteiger partial charge in [0.1, 0.15) is 5.82 Å². The van der Waals surface area contributed by atoms with E-state index in [1.807, 2.05) is 30.3 Å². The molecular weight excluding hydrogens is 327 g/mol. The molecular formula is C19H16ClFN2O. The van der Waals surface area contributed by atoms with Gasteiger partial charge in [-0.05, 0) is 35.4 Å². The highest BCUT2D eigenvalue weighted by atomic mass is 35.5. The highest BCUT2D eigenvalue weighted by molar-refractivity contribution is 6.31. The van der Waals surface area contributed by atoms with Crippen LogP contribution in [0.1, 0.15) is 11.1 Å². The highest BCUT2D eigenvalue weighted by Crippen LogP contribution is 2.20. The molecule has 3 aromatic rings. The van der Waals surface area contributed by atoms with Crippen LogP contribution in [-0.2, 0) is 17.8 Å². The van der Waals surface area contributed by atoms with Crippen LogP contribution in [0, 0.1) is 5.82 Å². The normalized spacial score (nSPS) is 10.8. The van der Waals surface area contributed by atoms with Crippen LogP contribution in [0.4, 0.5) is 4.39 Å². The fourth-order valence-corrected chi connectivity index (χ4v) is 2.85. The van der Waals surface area contributed by atoms with E-state index in [0.29, 0.717) is 12.1 Å². The number of likely N-dealkylation sites (N-methyl/N-ethyl adjacent to an activating group) is 1. The summed E-state index contributed by atoms with van der Waals surface area (Å²) in [5.41, 5.74) is 2.55. The van der Waals surface area contributed by atoms with Crippen molar-refractivity contribution in [3.63, 3.8) is 0 Å². The summed E-state index contributed by atoms with van der Waals surface area (Å²) in [6.07, 6.45) is 1.89. The number of fused-ring (bicyclic) bond motifs is 1. The summed E-state index contributed by atoms with van der Waals surface area (Å²) >= 11 is 6.00. The number of nitrogens with zero attached hydrogens (tertiary/aromatic N) is 2. The molecule has 0 saturated carbocycles. The predicted molar refractivity (Wildman–Crippen MR) is 93.3 cm³/mol. The standard InChI is InChI=1S/C19H16ClFN2O/c1-23(19(24)10-13-7-8-15(21)11-17(13)20)12-14-4-2-6-18-16(14)5-3-9-22-18/h2-9,11H,10,12H2,1H3. The van der Waals surface area contributed by atoms with Crippen LogP contribution in [-0.4, -0.2) is 22.8 Å². The molecule has 122 valence electrons. The van der Waals surface area contributed by atoms with Crippen molar-refractivity contribution in [2.24, 2.45) is 0 Å². The molecule has 3 nitrogen and oxygen atoms in total. The molecule has 0 unspecified atom stereocenters. The Morgan fingerprint density at radius 3 is 2.79 bits per heavy atom. The lowest BCUT2D eigenvalue weighted by Crippen LogP contribution is -2.27. The van der Waals surface area contributed by atoms with E-state index in [2.05, 4.69) is 4.98 Å². The van der Waals surface area contributed by atoms with Crippen LogP contribution in [0.25, 0.3) is 10.9 Å². The van der Waals surface area contributed by atoms with E-state index in [4.69, 9.17) is 11.6 Å². The summed E-state index contributed by atoms with van der Waals surface area (Å²) in [4.78, 5) is 18.4. The van der Waals surface area contributed by atoms with Gasteiger partial charge in [-0.1, -0.05) is 35.9 Å². The second kappa shape index (κ2) is 6.97. The van der Waals surface area contributed by atoms with E-state index in [1.165, 1.54) is 12.1 Å². The van der Waals surface area contributed by atoms with E-state index in [-0.39, 0.29) is 17.4 Å². The first-order valence-corrected chi connectivity index (χ1v) is 7.93. The second-order valence-electron chi connectivity index (χ2n) is 5.65. The number of hydrogen-bond acceptors (Lipinski definition) is 2. The Hall–Kier alpha value is -2.46. The molecule has 0 fully saturated rings. The van der Waals surface area contributed by atoms with Crippen LogP contribution in [0.5, 0.6) is 0 Å². The third-order valence-electron chi connectivity index (χ3n) is 3.93. The summed E-state index contributed by atoms with van der Waals surface area (Å²) in [5, 5.41) is 1.30. The SMILES string of the molecule is CN(Cc1cccc2ncccc12)C(=O)Cc1ccc(F)cc1Cl. The number of rotatable bonds is 4. The molecule has 0 aliphatic carbocycles. The lowest BCUT2D eigenvalue weighted by molar-refractivity contribution is -0.129. The minimum absolute atomic E-state index is 0.0793. The minimum atomic E-state index is -0.409. The Kier molecular flexibility index (Phi) is 4.76. The molecule has 0 bridgehead atoms. The zero-order chi connectivity index (χ0) is 17.1. The van der Waals surface area contributed by atoms with Gasteiger partial charge < -0.3 is 4.90 Å². The van der Waals surface area contributed by atoms with Crippen molar-refractivity contribution in [1.82, 2.24) is 9.88 Å². The Bertz CT molecular complexity index is 892. The lowest BCUT2D eigenvalue weighted by atomic mass is 10.1. The van der Waals surface area contributed by atoms with E-state index in [9.17, 15) is 9.18 Å². The van der Waals surface area contributed by atoms with Gasteiger partial charge in [-0.2, -0.15) is 0 Å². The number of carbonyl (C=O) groups excluding carboxylic acids is 1. The van der Waals surface area contributed by atoms with Gasteiger partial charge in [-0.25, -0.2) is 4.39 Å². The van der Waals surface area contributed by atoms with Crippen LogP contribution >= 0.6 is 11.6 Å². The minimum Gasteiger partial charge on any atom is -0.341 e. The highest BCUT2D eigenvalue weighted by Gasteiger charge is 2.14. The molecule has 0 aliphatic heterocycles. The van der Waals surface area contributed by atoms with Crippen molar-refractivity contribution in [2.75, 3.05) is 7.05 Å². The number of pyridine rings is 1. The summed E-state index contributed by atoms with van der Waals surface area (Å²) < 4.78 is 13.1.